The van der Waals surface area contributed by atoms with Crippen LogP contribution in [0.15, 0.2) is 18.2 Å². The van der Waals surface area contributed by atoms with E-state index < -0.39 is 22.4 Å². The van der Waals surface area contributed by atoms with Crippen LogP contribution in [0.4, 0.5) is 5.69 Å². The van der Waals surface area contributed by atoms with Crippen LogP contribution in [0.5, 0.6) is 0 Å². The summed E-state index contributed by atoms with van der Waals surface area (Å²) in [6, 6.07) is 3.55. The molecule has 0 saturated heterocycles. The Morgan fingerprint density at radius 1 is 1.42 bits per heavy atom. The first-order chi connectivity index (χ1) is 8.95. The van der Waals surface area contributed by atoms with Gasteiger partial charge < -0.3 is 4.74 Å². The van der Waals surface area contributed by atoms with Gasteiger partial charge in [0.15, 0.2) is 0 Å². The molecule has 0 atom stereocenters. The van der Waals surface area contributed by atoms with Crippen molar-refractivity contribution < 1.29 is 19.2 Å². The van der Waals surface area contributed by atoms with E-state index in [0.29, 0.717) is 0 Å². The van der Waals surface area contributed by atoms with Crippen molar-refractivity contribution in [1.82, 2.24) is 0 Å². The first-order valence-corrected chi connectivity index (χ1v) is 5.50. The zero-order valence-electron chi connectivity index (χ0n) is 9.81. The van der Waals surface area contributed by atoms with Crippen LogP contribution in [0.1, 0.15) is 17.3 Å². The Morgan fingerprint density at radius 3 is 2.68 bits per heavy atom. The van der Waals surface area contributed by atoms with Gasteiger partial charge in [-0.3, -0.25) is 14.9 Å². The van der Waals surface area contributed by atoms with Gasteiger partial charge in [-0.2, -0.15) is 0 Å². The minimum atomic E-state index is -0.868. The monoisotopic (exact) mass is 281 g/mol. The average molecular weight is 282 g/mol. The van der Waals surface area contributed by atoms with E-state index >= 15 is 0 Å². The molecule has 0 fully saturated rings. The Kier molecular flexibility index (Phi) is 5.03. The van der Waals surface area contributed by atoms with E-state index in [1.807, 2.05) is 11.8 Å². The highest BCUT2D eigenvalue weighted by atomic mass is 35.5. The number of ketones is 1. The molecule has 0 saturated carbocycles. The lowest BCUT2D eigenvalue weighted by atomic mass is 10.1. The van der Waals surface area contributed by atoms with E-state index in [1.54, 1.807) is 6.92 Å². The number of hydrogen-bond acceptors (Lipinski definition) is 5. The Balaban J connectivity index is 3.07. The highest BCUT2D eigenvalue weighted by Gasteiger charge is 2.19. The summed E-state index contributed by atoms with van der Waals surface area (Å²) in [4.78, 5) is 32.6. The minimum Gasteiger partial charge on any atom is -0.456 e. The molecular formula is C12H8ClNO5. The molecule has 98 valence electrons. The van der Waals surface area contributed by atoms with Crippen molar-refractivity contribution in [3.63, 3.8) is 0 Å². The summed E-state index contributed by atoms with van der Waals surface area (Å²) in [6.07, 6.45) is 0. The highest BCUT2D eigenvalue weighted by Crippen LogP contribution is 2.23. The molecule has 1 rings (SSSR count). The van der Waals surface area contributed by atoms with Crippen molar-refractivity contribution >= 4 is 29.0 Å². The van der Waals surface area contributed by atoms with Gasteiger partial charge in [0.1, 0.15) is 5.56 Å². The highest BCUT2D eigenvalue weighted by molar-refractivity contribution is 6.31. The van der Waals surface area contributed by atoms with Crippen molar-refractivity contribution in [1.29, 1.82) is 0 Å². The van der Waals surface area contributed by atoms with Gasteiger partial charge in [0.25, 0.3) is 5.69 Å². The normalized spacial score (nSPS) is 9.16. The van der Waals surface area contributed by atoms with Crippen molar-refractivity contribution in [2.45, 2.75) is 6.92 Å². The fraction of sp³-hybridized carbons (Fsp3) is 0.167. The Labute approximate surface area is 113 Å². The van der Waals surface area contributed by atoms with Gasteiger partial charge in [-0.25, -0.2) is 4.79 Å². The summed E-state index contributed by atoms with van der Waals surface area (Å²) in [7, 11) is 0. The van der Waals surface area contributed by atoms with Gasteiger partial charge in [-0.15, -0.1) is 0 Å². The molecule has 0 bridgehead atoms. The number of esters is 1. The molecule has 6 nitrogen and oxygen atoms in total. The quantitative estimate of drug-likeness (QED) is 0.161. The molecule has 19 heavy (non-hydrogen) atoms. The number of carbonyl (C=O) groups is 2. The standard InChI is InChI=1S/C12H8ClNO5/c1-2-19-12(16)6-5-11(15)9-4-3-8(13)7-10(9)14(17)18/h3-4,7H,2H2,1H3. The van der Waals surface area contributed by atoms with Crippen LogP contribution in [0, 0.1) is 22.0 Å². The zero-order chi connectivity index (χ0) is 14.4. The third kappa shape index (κ3) is 4.08. The summed E-state index contributed by atoms with van der Waals surface area (Å²) >= 11 is 5.61. The Hall–Kier alpha value is -2.39. The third-order valence-corrected chi connectivity index (χ3v) is 2.19. The molecule has 0 spiro atoms. The van der Waals surface area contributed by atoms with E-state index in [-0.39, 0.29) is 17.2 Å². The molecule has 0 aromatic heterocycles. The fourth-order valence-corrected chi connectivity index (χ4v) is 1.36. The summed E-state index contributed by atoms with van der Waals surface area (Å²) in [6.45, 7) is 1.72. The van der Waals surface area contributed by atoms with Crippen LogP contribution in [0.25, 0.3) is 0 Å². The summed E-state index contributed by atoms with van der Waals surface area (Å²) in [5.41, 5.74) is -0.693. The number of ether oxygens (including phenoxy) is 1. The van der Waals surface area contributed by atoms with Crippen LogP contribution in [-0.4, -0.2) is 23.3 Å². The zero-order valence-corrected chi connectivity index (χ0v) is 10.6. The lowest BCUT2D eigenvalue weighted by Gasteiger charge is -1.98. The smallest absolute Gasteiger partial charge is 0.384 e. The molecule has 0 radical (unpaired) electrons. The molecule has 0 heterocycles. The van der Waals surface area contributed by atoms with Gasteiger partial charge in [0.05, 0.1) is 11.5 Å². The van der Waals surface area contributed by atoms with Crippen molar-refractivity contribution in [2.75, 3.05) is 6.61 Å². The molecule has 0 aliphatic rings. The fourth-order valence-electron chi connectivity index (χ4n) is 1.19. The molecular weight excluding hydrogens is 274 g/mol. The Morgan fingerprint density at radius 2 is 2.11 bits per heavy atom. The second-order valence-electron chi connectivity index (χ2n) is 3.22. The first-order valence-electron chi connectivity index (χ1n) is 5.12. The van der Waals surface area contributed by atoms with Crippen molar-refractivity contribution in [3.8, 4) is 11.8 Å². The van der Waals surface area contributed by atoms with Gasteiger partial charge in [0.2, 0.25) is 5.78 Å². The van der Waals surface area contributed by atoms with Gasteiger partial charge >= 0.3 is 5.97 Å². The number of benzene rings is 1. The maximum atomic E-state index is 11.7. The van der Waals surface area contributed by atoms with Crippen LogP contribution in [0.3, 0.4) is 0 Å². The number of carbonyl (C=O) groups excluding carboxylic acids is 2. The lowest BCUT2D eigenvalue weighted by Crippen LogP contribution is -2.04. The maximum Gasteiger partial charge on any atom is 0.384 e. The predicted molar refractivity (Wildman–Crippen MR) is 66.8 cm³/mol. The van der Waals surface area contributed by atoms with Crippen molar-refractivity contribution in [2.24, 2.45) is 0 Å². The average Bonchev–Trinajstić information content (AvgIpc) is 2.36. The molecule has 1 aromatic carbocycles. The molecule has 1 aromatic rings. The summed E-state index contributed by atoms with van der Waals surface area (Å²) in [5, 5.41) is 10.9. The number of halogens is 1. The van der Waals surface area contributed by atoms with E-state index in [2.05, 4.69) is 4.74 Å². The van der Waals surface area contributed by atoms with Crippen LogP contribution >= 0.6 is 11.6 Å². The number of Topliss-reactive ketones (excluding diaryl/α,β-unsaturated/α-hetero) is 1. The van der Waals surface area contributed by atoms with Gasteiger partial charge in [-0.05, 0) is 25.0 Å². The van der Waals surface area contributed by atoms with E-state index in [0.717, 1.165) is 6.07 Å². The molecule has 0 unspecified atom stereocenters. The van der Waals surface area contributed by atoms with E-state index in [9.17, 15) is 19.7 Å². The largest absolute Gasteiger partial charge is 0.456 e. The van der Waals surface area contributed by atoms with Gasteiger partial charge in [0, 0.05) is 17.0 Å². The predicted octanol–water partition coefficient (Wildman–Crippen LogP) is 2.00. The number of nitrogens with zero attached hydrogens (tertiary/aromatic N) is 1. The molecule has 0 aliphatic carbocycles. The second kappa shape index (κ2) is 6.52. The Bertz CT molecular complexity index is 600. The molecule has 0 amide bonds. The third-order valence-electron chi connectivity index (χ3n) is 1.95. The van der Waals surface area contributed by atoms with E-state index in [4.69, 9.17) is 11.6 Å². The molecule has 0 aliphatic heterocycles. The number of hydrogen-bond donors (Lipinski definition) is 0. The van der Waals surface area contributed by atoms with Crippen LogP contribution in [-0.2, 0) is 9.53 Å². The first kappa shape index (κ1) is 14.7. The molecule has 0 N–H and O–H groups in total. The topological polar surface area (TPSA) is 86.5 Å². The maximum absolute atomic E-state index is 11.7. The molecule has 7 heteroatoms. The minimum absolute atomic E-state index is 0.126. The number of rotatable bonds is 3. The lowest BCUT2D eigenvalue weighted by molar-refractivity contribution is -0.385. The van der Waals surface area contributed by atoms with Crippen molar-refractivity contribution in [3.05, 3.63) is 38.9 Å². The van der Waals surface area contributed by atoms with Gasteiger partial charge in [-0.1, -0.05) is 11.6 Å². The summed E-state index contributed by atoms with van der Waals surface area (Å²) < 4.78 is 4.51. The van der Waals surface area contributed by atoms with Crippen LogP contribution < -0.4 is 0 Å². The van der Waals surface area contributed by atoms with E-state index in [1.165, 1.54) is 12.1 Å². The number of nitro benzene ring substituents is 1. The van der Waals surface area contributed by atoms with Crippen LogP contribution in [0.2, 0.25) is 5.02 Å². The SMILES string of the molecule is CCOC(=O)C#CC(=O)c1ccc(Cl)cc1[N+](=O)[O-]. The number of nitro groups is 1. The second-order valence-corrected chi connectivity index (χ2v) is 3.65. The summed E-state index contributed by atoms with van der Waals surface area (Å²) in [5.74, 6) is 2.21.